The third kappa shape index (κ3) is 3.02. The number of hydrogen-bond donors (Lipinski definition) is 0. The minimum atomic E-state index is -3.49. The van der Waals surface area contributed by atoms with E-state index in [0.717, 1.165) is 12.8 Å². The van der Waals surface area contributed by atoms with Crippen LogP contribution in [0.2, 0.25) is 0 Å². The van der Waals surface area contributed by atoms with E-state index < -0.39 is 10.0 Å². The van der Waals surface area contributed by atoms with Crippen molar-refractivity contribution in [1.82, 2.24) is 4.31 Å². The lowest BCUT2D eigenvalue weighted by molar-refractivity contribution is 0.0572. The Hall–Kier alpha value is -1.24. The lowest BCUT2D eigenvalue weighted by Gasteiger charge is -2.31. The van der Waals surface area contributed by atoms with Crippen LogP contribution in [0.4, 0.5) is 0 Å². The zero-order chi connectivity index (χ0) is 13.9. The van der Waals surface area contributed by atoms with E-state index in [2.05, 4.69) is 0 Å². The normalized spacial score (nSPS) is 21.2. The summed E-state index contributed by atoms with van der Waals surface area (Å²) in [7, 11) is -1.90. The van der Waals surface area contributed by atoms with Gasteiger partial charge in [-0.05, 0) is 25.0 Å². The van der Waals surface area contributed by atoms with Crippen LogP contribution in [0.15, 0.2) is 29.2 Å². The van der Waals surface area contributed by atoms with Gasteiger partial charge in [0.05, 0.1) is 11.0 Å². The second kappa shape index (κ2) is 5.81. The average molecular weight is 283 g/mol. The zero-order valence-electron chi connectivity index (χ0n) is 10.8. The van der Waals surface area contributed by atoms with Crippen molar-refractivity contribution in [2.24, 2.45) is 0 Å². The fourth-order valence-corrected chi connectivity index (χ4v) is 3.69. The number of carbonyl (C=O) groups excluding carboxylic acids is 1. The minimum Gasteiger partial charge on any atom is -0.380 e. The molecule has 6 heteroatoms. The van der Waals surface area contributed by atoms with Crippen LogP contribution in [-0.2, 0) is 14.8 Å². The summed E-state index contributed by atoms with van der Waals surface area (Å²) in [5, 5.41) is 0. The van der Waals surface area contributed by atoms with Crippen LogP contribution in [0.25, 0.3) is 0 Å². The van der Waals surface area contributed by atoms with Crippen molar-refractivity contribution >= 4 is 16.3 Å². The van der Waals surface area contributed by atoms with E-state index in [1.807, 2.05) is 0 Å². The molecule has 0 saturated carbocycles. The van der Waals surface area contributed by atoms with Crippen LogP contribution in [0.3, 0.4) is 0 Å². The Morgan fingerprint density at radius 1 is 1.32 bits per heavy atom. The Bertz CT molecular complexity index is 538. The molecule has 1 aliphatic heterocycles. The summed E-state index contributed by atoms with van der Waals surface area (Å²) in [6, 6.07) is 5.96. The van der Waals surface area contributed by atoms with Crippen molar-refractivity contribution < 1.29 is 17.9 Å². The third-order valence-corrected chi connectivity index (χ3v) is 5.21. The molecule has 19 heavy (non-hydrogen) atoms. The largest absolute Gasteiger partial charge is 0.380 e. The van der Waals surface area contributed by atoms with Gasteiger partial charge in [0.2, 0.25) is 10.0 Å². The molecule has 1 aromatic rings. The predicted octanol–water partition coefficient (Wildman–Crippen LogP) is 1.30. The Labute approximate surface area is 113 Å². The van der Waals surface area contributed by atoms with Crippen LogP contribution < -0.4 is 0 Å². The molecule has 0 aromatic heterocycles. The predicted molar refractivity (Wildman–Crippen MR) is 70.6 cm³/mol. The molecule has 0 radical (unpaired) electrons. The van der Waals surface area contributed by atoms with E-state index in [1.54, 1.807) is 7.11 Å². The molecular weight excluding hydrogens is 266 g/mol. The lowest BCUT2D eigenvalue weighted by atomic mass is 10.1. The van der Waals surface area contributed by atoms with Gasteiger partial charge < -0.3 is 4.74 Å². The number of methoxy groups -OCH3 is 1. The first kappa shape index (κ1) is 14.2. The van der Waals surface area contributed by atoms with Crippen molar-refractivity contribution in [2.45, 2.75) is 23.8 Å². The van der Waals surface area contributed by atoms with Crippen molar-refractivity contribution in [2.75, 3.05) is 20.2 Å². The summed E-state index contributed by atoms with van der Waals surface area (Å²) in [4.78, 5) is 10.8. The zero-order valence-corrected chi connectivity index (χ0v) is 11.6. The van der Waals surface area contributed by atoms with E-state index in [9.17, 15) is 13.2 Å². The van der Waals surface area contributed by atoms with Gasteiger partial charge in [0, 0.05) is 25.8 Å². The number of carbonyl (C=O) groups is 1. The first-order chi connectivity index (χ1) is 9.07. The summed E-state index contributed by atoms with van der Waals surface area (Å²) in [6.45, 7) is 0.895. The molecule has 2 rings (SSSR count). The minimum absolute atomic E-state index is 0.0437. The summed E-state index contributed by atoms with van der Waals surface area (Å²) in [6.07, 6.45) is 2.33. The van der Waals surface area contributed by atoms with Gasteiger partial charge in [0.25, 0.3) is 0 Å². The summed E-state index contributed by atoms with van der Waals surface area (Å²) in [5.74, 6) is 0. The first-order valence-corrected chi connectivity index (χ1v) is 7.60. The molecule has 0 N–H and O–H groups in total. The lowest BCUT2D eigenvalue weighted by Crippen LogP contribution is -2.42. The van der Waals surface area contributed by atoms with Crippen molar-refractivity contribution in [3.63, 3.8) is 0 Å². The van der Waals surface area contributed by atoms with Crippen LogP contribution in [0, 0.1) is 0 Å². The van der Waals surface area contributed by atoms with Gasteiger partial charge >= 0.3 is 0 Å². The summed E-state index contributed by atoms with van der Waals surface area (Å²) in [5.41, 5.74) is 0.465. The molecule has 1 aliphatic rings. The van der Waals surface area contributed by atoms with Crippen LogP contribution in [0.5, 0.6) is 0 Å². The van der Waals surface area contributed by atoms with Gasteiger partial charge in [-0.1, -0.05) is 12.1 Å². The molecular formula is C13H17NO4S. The molecule has 1 heterocycles. The number of rotatable bonds is 4. The van der Waals surface area contributed by atoms with E-state index >= 15 is 0 Å². The quantitative estimate of drug-likeness (QED) is 0.781. The number of aldehydes is 1. The van der Waals surface area contributed by atoms with E-state index in [-0.39, 0.29) is 11.0 Å². The molecule has 0 bridgehead atoms. The van der Waals surface area contributed by atoms with E-state index in [0.29, 0.717) is 24.9 Å². The number of benzene rings is 1. The van der Waals surface area contributed by atoms with Crippen molar-refractivity contribution in [3.05, 3.63) is 29.8 Å². The second-order valence-corrected chi connectivity index (χ2v) is 6.49. The fourth-order valence-electron chi connectivity index (χ4n) is 2.18. The monoisotopic (exact) mass is 283 g/mol. The first-order valence-electron chi connectivity index (χ1n) is 6.16. The van der Waals surface area contributed by atoms with Gasteiger partial charge in [-0.3, -0.25) is 4.79 Å². The molecule has 1 unspecified atom stereocenters. The molecule has 0 amide bonds. The fraction of sp³-hybridized carbons (Fsp3) is 0.462. The van der Waals surface area contributed by atoms with Gasteiger partial charge in [-0.2, -0.15) is 4.31 Å². The second-order valence-electron chi connectivity index (χ2n) is 4.55. The molecule has 1 atom stereocenters. The number of piperidine rings is 1. The topological polar surface area (TPSA) is 63.7 Å². The number of hydrogen-bond acceptors (Lipinski definition) is 4. The average Bonchev–Trinajstić information content (AvgIpc) is 2.47. The van der Waals surface area contributed by atoms with Gasteiger partial charge in [-0.25, -0.2) is 8.42 Å². The SMILES string of the molecule is COC1CCCN(S(=O)(=O)c2ccc(C=O)cc2)C1. The maximum atomic E-state index is 12.4. The maximum absolute atomic E-state index is 12.4. The summed E-state index contributed by atoms with van der Waals surface area (Å²) >= 11 is 0. The number of nitrogens with zero attached hydrogens (tertiary/aromatic N) is 1. The number of ether oxygens (including phenoxy) is 1. The Kier molecular flexibility index (Phi) is 4.34. The highest BCUT2D eigenvalue weighted by atomic mass is 32.2. The highest BCUT2D eigenvalue weighted by Gasteiger charge is 2.30. The molecule has 0 aliphatic carbocycles. The van der Waals surface area contributed by atoms with Gasteiger partial charge in [0.15, 0.2) is 0 Å². The standard InChI is InChI=1S/C13H17NO4S/c1-18-12-3-2-8-14(9-12)19(16,17)13-6-4-11(10-15)5-7-13/h4-7,10,12H,2-3,8-9H2,1H3. The van der Waals surface area contributed by atoms with E-state index in [1.165, 1.54) is 28.6 Å². The highest BCUT2D eigenvalue weighted by Crippen LogP contribution is 2.21. The molecule has 5 nitrogen and oxygen atoms in total. The van der Waals surface area contributed by atoms with E-state index in [4.69, 9.17) is 4.74 Å². The summed E-state index contributed by atoms with van der Waals surface area (Å²) < 4.78 is 31.5. The smallest absolute Gasteiger partial charge is 0.243 e. The molecule has 1 saturated heterocycles. The highest BCUT2D eigenvalue weighted by molar-refractivity contribution is 7.89. The number of sulfonamides is 1. The maximum Gasteiger partial charge on any atom is 0.243 e. The van der Waals surface area contributed by atoms with Gasteiger partial charge in [-0.15, -0.1) is 0 Å². The Morgan fingerprint density at radius 2 is 2.00 bits per heavy atom. The molecule has 0 spiro atoms. The van der Waals surface area contributed by atoms with Crippen molar-refractivity contribution in [3.8, 4) is 0 Å². The van der Waals surface area contributed by atoms with Crippen LogP contribution in [0.1, 0.15) is 23.2 Å². The molecule has 1 fully saturated rings. The Balaban J connectivity index is 2.23. The molecule has 104 valence electrons. The van der Waals surface area contributed by atoms with Crippen molar-refractivity contribution in [1.29, 1.82) is 0 Å². The Morgan fingerprint density at radius 3 is 2.58 bits per heavy atom. The van der Waals surface area contributed by atoms with Crippen LogP contribution in [-0.4, -0.2) is 45.3 Å². The van der Waals surface area contributed by atoms with Crippen LogP contribution >= 0.6 is 0 Å². The molecule has 1 aromatic carbocycles. The van der Waals surface area contributed by atoms with Gasteiger partial charge in [0.1, 0.15) is 6.29 Å². The third-order valence-electron chi connectivity index (χ3n) is 3.33.